The molecule has 2 atom stereocenters. The minimum absolute atomic E-state index is 0.0596. The number of benzene rings is 2. The van der Waals surface area contributed by atoms with Gasteiger partial charge in [-0.2, -0.15) is 0 Å². The fraction of sp³-hybridized carbons (Fsp3) is 0.462. The van der Waals surface area contributed by atoms with Crippen LogP contribution in [-0.2, 0) is 20.9 Å². The Balaban J connectivity index is 2.24. The number of carboxylic acids is 1. The molecule has 2 aromatic carbocycles. The monoisotopic (exact) mass is 457 g/mol. The summed E-state index contributed by atoms with van der Waals surface area (Å²) in [5, 5.41) is 28.7. The van der Waals surface area contributed by atoms with Gasteiger partial charge in [0.2, 0.25) is 0 Å². The van der Waals surface area contributed by atoms with Crippen molar-refractivity contribution in [3.8, 4) is 5.75 Å². The molecular weight excluding hydrogens is 422 g/mol. The van der Waals surface area contributed by atoms with Gasteiger partial charge in [0.15, 0.2) is 6.10 Å². The van der Waals surface area contributed by atoms with Gasteiger partial charge >= 0.3 is 11.9 Å². The van der Waals surface area contributed by atoms with E-state index in [-0.39, 0.29) is 18.3 Å². The summed E-state index contributed by atoms with van der Waals surface area (Å²) in [6, 6.07) is 15.8. The summed E-state index contributed by atoms with van der Waals surface area (Å²) in [6.45, 7) is 9.46. The summed E-state index contributed by atoms with van der Waals surface area (Å²) in [5.41, 5.74) is 2.50. The number of phenolic OH excluding ortho intramolecular Hbond substituents is 1. The molecule has 7 nitrogen and oxygen atoms in total. The lowest BCUT2D eigenvalue weighted by Crippen LogP contribution is -2.38. The maximum Gasteiger partial charge on any atom is 0.333 e. The second-order valence-corrected chi connectivity index (χ2v) is 8.79. The summed E-state index contributed by atoms with van der Waals surface area (Å²) in [7, 11) is 0. The first-order valence-corrected chi connectivity index (χ1v) is 11.3. The number of rotatable bonds is 12. The van der Waals surface area contributed by atoms with Crippen molar-refractivity contribution in [1.82, 2.24) is 4.90 Å². The van der Waals surface area contributed by atoms with Crippen LogP contribution in [0.4, 0.5) is 0 Å². The highest BCUT2D eigenvalue weighted by atomic mass is 16.5. The number of hydrogen-bond acceptors (Lipinski definition) is 6. The standard InChI is InChI=1S/C26H35NO6/c1-17(2)27(18(3)4)13-12-21(20-8-6-5-7-9-20)22-14-19(10-11-23(22)28)16-33-25(30)15-24(29)26(31)32/h5-11,14,17-18,21,24,28-29H,12-13,15-16H2,1-4H3,(H,31,32). The van der Waals surface area contributed by atoms with Crippen molar-refractivity contribution in [2.75, 3.05) is 6.54 Å². The van der Waals surface area contributed by atoms with E-state index in [1.165, 1.54) is 0 Å². The average molecular weight is 458 g/mol. The van der Waals surface area contributed by atoms with E-state index in [9.17, 15) is 19.8 Å². The highest BCUT2D eigenvalue weighted by molar-refractivity contribution is 5.80. The zero-order valence-electron chi connectivity index (χ0n) is 19.8. The Morgan fingerprint density at radius 2 is 1.64 bits per heavy atom. The number of carbonyl (C=O) groups excluding carboxylic acids is 1. The molecular formula is C26H35NO6. The first-order chi connectivity index (χ1) is 15.6. The molecule has 0 aliphatic carbocycles. The van der Waals surface area contributed by atoms with Gasteiger partial charge in [0.25, 0.3) is 0 Å². The second kappa shape index (κ2) is 12.4. The number of aliphatic hydroxyl groups excluding tert-OH is 1. The summed E-state index contributed by atoms with van der Waals surface area (Å²) in [4.78, 5) is 25.0. The molecule has 0 bridgehead atoms. The highest BCUT2D eigenvalue weighted by Crippen LogP contribution is 2.35. The zero-order chi connectivity index (χ0) is 24.5. The number of aliphatic hydroxyl groups is 1. The van der Waals surface area contributed by atoms with E-state index >= 15 is 0 Å². The minimum atomic E-state index is -1.79. The van der Waals surface area contributed by atoms with E-state index in [1.807, 2.05) is 36.4 Å². The van der Waals surface area contributed by atoms with Crippen LogP contribution in [0.3, 0.4) is 0 Å². The van der Waals surface area contributed by atoms with Crippen molar-refractivity contribution in [2.45, 2.75) is 71.2 Å². The van der Waals surface area contributed by atoms with Crippen molar-refractivity contribution >= 4 is 11.9 Å². The molecule has 0 fully saturated rings. The van der Waals surface area contributed by atoms with E-state index in [4.69, 9.17) is 9.84 Å². The lowest BCUT2D eigenvalue weighted by molar-refractivity contribution is -0.156. The largest absolute Gasteiger partial charge is 0.508 e. The molecule has 7 heteroatoms. The number of aromatic hydroxyl groups is 1. The van der Waals surface area contributed by atoms with Gasteiger partial charge in [-0.1, -0.05) is 36.4 Å². The van der Waals surface area contributed by atoms with Crippen LogP contribution >= 0.6 is 0 Å². The van der Waals surface area contributed by atoms with Crippen molar-refractivity contribution in [1.29, 1.82) is 0 Å². The Bertz CT molecular complexity index is 904. The summed E-state index contributed by atoms with van der Waals surface area (Å²) >= 11 is 0. The van der Waals surface area contributed by atoms with Crippen LogP contribution in [0, 0.1) is 0 Å². The maximum absolute atomic E-state index is 11.8. The maximum atomic E-state index is 11.8. The molecule has 0 aromatic heterocycles. The van der Waals surface area contributed by atoms with Gasteiger partial charge in [-0.25, -0.2) is 4.79 Å². The van der Waals surface area contributed by atoms with Crippen LogP contribution in [0.1, 0.15) is 63.1 Å². The SMILES string of the molecule is CC(C)N(CCC(c1ccccc1)c1cc(COC(=O)CC(O)C(=O)O)ccc1O)C(C)C. The topological polar surface area (TPSA) is 107 Å². The van der Waals surface area contributed by atoms with E-state index in [0.717, 1.165) is 24.1 Å². The van der Waals surface area contributed by atoms with Gasteiger partial charge < -0.3 is 20.1 Å². The summed E-state index contributed by atoms with van der Waals surface area (Å²) in [5.74, 6) is -2.17. The van der Waals surface area contributed by atoms with Gasteiger partial charge in [-0.3, -0.25) is 9.69 Å². The number of ether oxygens (including phenoxy) is 1. The number of nitrogens with zero attached hydrogens (tertiary/aromatic N) is 1. The minimum Gasteiger partial charge on any atom is -0.508 e. The van der Waals surface area contributed by atoms with Gasteiger partial charge in [0, 0.05) is 23.6 Å². The number of aliphatic carboxylic acids is 1. The average Bonchev–Trinajstić information content (AvgIpc) is 2.76. The summed E-state index contributed by atoms with van der Waals surface area (Å²) in [6.07, 6.45) is -1.62. The summed E-state index contributed by atoms with van der Waals surface area (Å²) < 4.78 is 5.14. The van der Waals surface area contributed by atoms with Gasteiger partial charge in [-0.15, -0.1) is 0 Å². The molecule has 3 N–H and O–H groups in total. The first-order valence-electron chi connectivity index (χ1n) is 11.3. The van der Waals surface area contributed by atoms with Gasteiger partial charge in [0.05, 0.1) is 6.42 Å². The highest BCUT2D eigenvalue weighted by Gasteiger charge is 2.22. The van der Waals surface area contributed by atoms with Crippen LogP contribution < -0.4 is 0 Å². The molecule has 0 aliphatic rings. The van der Waals surface area contributed by atoms with Crippen molar-refractivity contribution in [3.05, 3.63) is 65.2 Å². The normalized spacial score (nSPS) is 13.3. The Morgan fingerprint density at radius 1 is 1.00 bits per heavy atom. The van der Waals surface area contributed by atoms with E-state index in [2.05, 4.69) is 32.6 Å². The van der Waals surface area contributed by atoms with E-state index in [0.29, 0.717) is 17.6 Å². The van der Waals surface area contributed by atoms with Crippen LogP contribution in [0.25, 0.3) is 0 Å². The Kier molecular flexibility index (Phi) is 9.88. The third-order valence-corrected chi connectivity index (χ3v) is 5.72. The zero-order valence-corrected chi connectivity index (χ0v) is 19.8. The van der Waals surface area contributed by atoms with Crippen molar-refractivity contribution in [2.24, 2.45) is 0 Å². The fourth-order valence-electron chi connectivity index (χ4n) is 4.02. The Hall–Kier alpha value is -2.90. The number of carbonyl (C=O) groups is 2. The molecule has 180 valence electrons. The fourth-order valence-corrected chi connectivity index (χ4v) is 4.02. The molecule has 0 aliphatic heterocycles. The molecule has 2 aromatic rings. The molecule has 2 unspecified atom stereocenters. The van der Waals surface area contributed by atoms with Crippen LogP contribution in [0.2, 0.25) is 0 Å². The third-order valence-electron chi connectivity index (χ3n) is 5.72. The predicted octanol–water partition coefficient (Wildman–Crippen LogP) is 3.91. The quantitative estimate of drug-likeness (QED) is 0.415. The van der Waals surface area contributed by atoms with E-state index < -0.39 is 24.5 Å². The predicted molar refractivity (Wildman–Crippen MR) is 126 cm³/mol. The molecule has 2 rings (SSSR count). The second-order valence-electron chi connectivity index (χ2n) is 8.79. The van der Waals surface area contributed by atoms with Crippen LogP contribution in [0.15, 0.2) is 48.5 Å². The molecule has 0 saturated carbocycles. The number of hydrogen-bond donors (Lipinski definition) is 3. The molecule has 0 radical (unpaired) electrons. The van der Waals surface area contributed by atoms with Crippen LogP contribution in [0.5, 0.6) is 5.75 Å². The Morgan fingerprint density at radius 3 is 2.21 bits per heavy atom. The molecule has 0 saturated heterocycles. The Labute approximate surface area is 195 Å². The van der Waals surface area contributed by atoms with Crippen LogP contribution in [-0.4, -0.2) is 56.9 Å². The smallest absolute Gasteiger partial charge is 0.333 e. The van der Waals surface area contributed by atoms with Gasteiger partial charge in [-0.05, 0) is 63.9 Å². The lowest BCUT2D eigenvalue weighted by atomic mass is 9.86. The molecule has 0 amide bonds. The molecule has 0 spiro atoms. The lowest BCUT2D eigenvalue weighted by Gasteiger charge is -2.32. The number of phenols is 1. The molecule has 0 heterocycles. The first kappa shape index (κ1) is 26.4. The van der Waals surface area contributed by atoms with E-state index in [1.54, 1.807) is 12.1 Å². The van der Waals surface area contributed by atoms with Crippen molar-refractivity contribution in [3.63, 3.8) is 0 Å². The van der Waals surface area contributed by atoms with Gasteiger partial charge in [0.1, 0.15) is 12.4 Å². The number of carboxylic acid groups (broad SMARTS) is 1. The number of esters is 1. The van der Waals surface area contributed by atoms with Crippen molar-refractivity contribution < 1.29 is 29.6 Å². The molecule has 33 heavy (non-hydrogen) atoms. The third kappa shape index (κ3) is 7.87.